The van der Waals surface area contributed by atoms with Crippen molar-refractivity contribution in [3.8, 4) is 0 Å². The summed E-state index contributed by atoms with van der Waals surface area (Å²) in [5, 5.41) is 18.4. The first-order chi connectivity index (χ1) is 10.3. The number of unbranched alkanes of at least 4 members (excludes halogenated alkanes) is 5. The fourth-order valence-corrected chi connectivity index (χ4v) is 2.41. The highest BCUT2D eigenvalue weighted by molar-refractivity contribution is 5.23. The monoisotopic (exact) mass is 287 g/mol. The number of aliphatic hydroxyl groups excluding tert-OH is 1. The largest absolute Gasteiger partial charge is 0.382 e. The van der Waals surface area contributed by atoms with Gasteiger partial charge in [-0.15, -0.1) is 5.10 Å². The van der Waals surface area contributed by atoms with Crippen molar-refractivity contribution in [3.05, 3.63) is 47.8 Å². The Bertz CT molecular complexity index is 510. The molecule has 0 saturated carbocycles. The third kappa shape index (κ3) is 4.97. The molecule has 2 aromatic rings. The van der Waals surface area contributed by atoms with E-state index in [1.807, 2.05) is 41.2 Å². The highest BCUT2D eigenvalue weighted by Gasteiger charge is 2.13. The fourth-order valence-electron chi connectivity index (χ4n) is 2.41. The second-order valence-electron chi connectivity index (χ2n) is 5.49. The van der Waals surface area contributed by atoms with Gasteiger partial charge in [-0.25, -0.2) is 0 Å². The quantitative estimate of drug-likeness (QED) is 0.715. The van der Waals surface area contributed by atoms with E-state index in [4.69, 9.17) is 0 Å². The first kappa shape index (κ1) is 15.7. The van der Waals surface area contributed by atoms with Crippen LogP contribution in [-0.4, -0.2) is 20.1 Å². The van der Waals surface area contributed by atoms with E-state index in [1.54, 1.807) is 0 Å². The molecule has 0 bridgehead atoms. The van der Waals surface area contributed by atoms with Crippen LogP contribution in [0.4, 0.5) is 0 Å². The summed E-state index contributed by atoms with van der Waals surface area (Å²) in [5.74, 6) is 0. The maximum Gasteiger partial charge on any atom is 0.124 e. The standard InChI is InChI=1S/C17H25N3O/c1-2-3-4-5-6-10-13-20-14-16(18-19-20)17(21)15-11-8-7-9-12-15/h7-9,11-12,14,17,21H,2-6,10,13H2,1H3. The van der Waals surface area contributed by atoms with Gasteiger partial charge in [0.25, 0.3) is 0 Å². The van der Waals surface area contributed by atoms with E-state index in [0.29, 0.717) is 5.69 Å². The number of nitrogens with zero attached hydrogens (tertiary/aromatic N) is 3. The van der Waals surface area contributed by atoms with Crippen molar-refractivity contribution in [1.82, 2.24) is 15.0 Å². The molecule has 1 aromatic carbocycles. The van der Waals surface area contributed by atoms with Crippen molar-refractivity contribution in [2.75, 3.05) is 0 Å². The van der Waals surface area contributed by atoms with Crippen molar-refractivity contribution < 1.29 is 5.11 Å². The molecule has 1 atom stereocenters. The van der Waals surface area contributed by atoms with Crippen molar-refractivity contribution in [2.45, 2.75) is 58.1 Å². The molecule has 1 N–H and O–H groups in total. The third-order valence-corrected chi connectivity index (χ3v) is 3.69. The van der Waals surface area contributed by atoms with Gasteiger partial charge >= 0.3 is 0 Å². The predicted molar refractivity (Wildman–Crippen MR) is 83.9 cm³/mol. The third-order valence-electron chi connectivity index (χ3n) is 3.69. The molecule has 0 saturated heterocycles. The summed E-state index contributed by atoms with van der Waals surface area (Å²) >= 11 is 0. The lowest BCUT2D eigenvalue weighted by Crippen LogP contribution is -2.00. The van der Waals surface area contributed by atoms with Crippen molar-refractivity contribution in [3.63, 3.8) is 0 Å². The molecule has 114 valence electrons. The molecule has 0 radical (unpaired) electrons. The first-order valence-electron chi connectivity index (χ1n) is 7.94. The Morgan fingerprint density at radius 1 is 1.05 bits per heavy atom. The van der Waals surface area contributed by atoms with Gasteiger partial charge in [0.2, 0.25) is 0 Å². The maximum atomic E-state index is 10.3. The molecule has 4 nitrogen and oxygen atoms in total. The van der Waals surface area contributed by atoms with Crippen LogP contribution in [0, 0.1) is 0 Å². The van der Waals surface area contributed by atoms with Gasteiger partial charge in [-0.3, -0.25) is 4.68 Å². The van der Waals surface area contributed by atoms with Crippen LogP contribution >= 0.6 is 0 Å². The molecular formula is C17H25N3O. The molecule has 0 aliphatic rings. The van der Waals surface area contributed by atoms with Crippen LogP contribution in [0.2, 0.25) is 0 Å². The Labute approximate surface area is 126 Å². The molecule has 21 heavy (non-hydrogen) atoms. The molecule has 4 heteroatoms. The highest BCUT2D eigenvalue weighted by Crippen LogP contribution is 2.19. The number of hydrogen-bond donors (Lipinski definition) is 1. The Morgan fingerprint density at radius 2 is 1.76 bits per heavy atom. The van der Waals surface area contributed by atoms with Gasteiger partial charge in [0, 0.05) is 6.54 Å². The lowest BCUT2D eigenvalue weighted by molar-refractivity contribution is 0.215. The van der Waals surface area contributed by atoms with Gasteiger partial charge in [-0.1, -0.05) is 74.6 Å². The first-order valence-corrected chi connectivity index (χ1v) is 7.94. The molecule has 0 fully saturated rings. The molecule has 0 aliphatic heterocycles. The van der Waals surface area contributed by atoms with Crippen molar-refractivity contribution >= 4 is 0 Å². The summed E-state index contributed by atoms with van der Waals surface area (Å²) in [4.78, 5) is 0. The number of aliphatic hydroxyl groups is 1. The zero-order valence-electron chi connectivity index (χ0n) is 12.8. The van der Waals surface area contributed by atoms with Crippen molar-refractivity contribution in [2.24, 2.45) is 0 Å². The lowest BCUT2D eigenvalue weighted by Gasteiger charge is -2.06. The van der Waals surface area contributed by atoms with E-state index < -0.39 is 6.10 Å². The molecule has 1 aromatic heterocycles. The SMILES string of the molecule is CCCCCCCCn1cc(C(O)c2ccccc2)nn1. The number of benzene rings is 1. The minimum absolute atomic E-state index is 0.618. The fraction of sp³-hybridized carbons (Fsp3) is 0.529. The maximum absolute atomic E-state index is 10.3. The molecule has 1 unspecified atom stereocenters. The number of aromatic nitrogens is 3. The van der Waals surface area contributed by atoms with Crippen LogP contribution in [-0.2, 0) is 6.54 Å². The summed E-state index contributed by atoms with van der Waals surface area (Å²) in [6.45, 7) is 3.11. The van der Waals surface area contributed by atoms with E-state index in [0.717, 1.165) is 18.5 Å². The van der Waals surface area contributed by atoms with Crippen molar-refractivity contribution in [1.29, 1.82) is 0 Å². The number of rotatable bonds is 9. The Kier molecular flexibility index (Phi) is 6.41. The van der Waals surface area contributed by atoms with E-state index in [-0.39, 0.29) is 0 Å². The van der Waals surface area contributed by atoms with E-state index in [9.17, 15) is 5.11 Å². The molecule has 0 amide bonds. The Balaban J connectivity index is 1.79. The van der Waals surface area contributed by atoms with Crippen LogP contribution in [0.1, 0.15) is 62.8 Å². The molecule has 0 spiro atoms. The molecule has 0 aliphatic carbocycles. The number of hydrogen-bond acceptors (Lipinski definition) is 3. The highest BCUT2D eigenvalue weighted by atomic mass is 16.3. The van der Waals surface area contributed by atoms with Crippen LogP contribution in [0.3, 0.4) is 0 Å². The minimum atomic E-state index is -0.690. The van der Waals surface area contributed by atoms with E-state index >= 15 is 0 Å². The van der Waals surface area contributed by atoms with Crippen LogP contribution in [0.15, 0.2) is 36.5 Å². The summed E-state index contributed by atoms with van der Waals surface area (Å²) in [7, 11) is 0. The summed E-state index contributed by atoms with van der Waals surface area (Å²) < 4.78 is 1.83. The average Bonchev–Trinajstić information content (AvgIpc) is 3.00. The van der Waals surface area contributed by atoms with Gasteiger partial charge in [0.05, 0.1) is 6.20 Å². The van der Waals surface area contributed by atoms with E-state index in [2.05, 4.69) is 17.2 Å². The number of aryl methyl sites for hydroxylation is 1. The van der Waals surface area contributed by atoms with Crippen LogP contribution in [0.25, 0.3) is 0 Å². The van der Waals surface area contributed by atoms with Gasteiger partial charge in [0.1, 0.15) is 11.8 Å². The van der Waals surface area contributed by atoms with E-state index in [1.165, 1.54) is 32.1 Å². The zero-order valence-corrected chi connectivity index (χ0v) is 12.8. The van der Waals surface area contributed by atoms with Gasteiger partial charge in [0.15, 0.2) is 0 Å². The predicted octanol–water partition coefficient (Wildman–Crippen LogP) is 3.72. The van der Waals surface area contributed by atoms with Crippen LogP contribution in [0.5, 0.6) is 0 Å². The lowest BCUT2D eigenvalue weighted by atomic mass is 10.1. The minimum Gasteiger partial charge on any atom is -0.382 e. The second-order valence-corrected chi connectivity index (χ2v) is 5.49. The smallest absolute Gasteiger partial charge is 0.124 e. The normalized spacial score (nSPS) is 12.5. The summed E-state index contributed by atoms with van der Waals surface area (Å²) in [5.41, 5.74) is 1.47. The molecule has 2 rings (SSSR count). The van der Waals surface area contributed by atoms with Crippen LogP contribution < -0.4 is 0 Å². The molecule has 1 heterocycles. The summed E-state index contributed by atoms with van der Waals surface area (Å²) in [6, 6.07) is 9.57. The Morgan fingerprint density at radius 3 is 2.52 bits per heavy atom. The van der Waals surface area contributed by atoms with Gasteiger partial charge < -0.3 is 5.11 Å². The summed E-state index contributed by atoms with van der Waals surface area (Å²) in [6.07, 6.45) is 8.74. The second kappa shape index (κ2) is 8.57. The Hall–Kier alpha value is -1.68. The van der Waals surface area contributed by atoms with Gasteiger partial charge in [-0.2, -0.15) is 0 Å². The molecular weight excluding hydrogens is 262 g/mol. The van der Waals surface area contributed by atoms with Gasteiger partial charge in [-0.05, 0) is 12.0 Å². The average molecular weight is 287 g/mol. The zero-order chi connectivity index (χ0) is 14.9. The topological polar surface area (TPSA) is 50.9 Å².